The van der Waals surface area contributed by atoms with Gasteiger partial charge in [-0.2, -0.15) is 10.2 Å². The van der Waals surface area contributed by atoms with Crippen LogP contribution in [0.25, 0.3) is 28.3 Å². The Morgan fingerprint density at radius 3 is 2.82 bits per heavy atom. The van der Waals surface area contributed by atoms with Gasteiger partial charge in [0.05, 0.1) is 11.3 Å². The number of anilines is 1. The first-order valence-electron chi connectivity index (χ1n) is 8.33. The Morgan fingerprint density at radius 2 is 2.11 bits per heavy atom. The molecule has 0 bridgehead atoms. The fourth-order valence-electron chi connectivity index (χ4n) is 2.78. The topological polar surface area (TPSA) is 114 Å². The van der Waals surface area contributed by atoms with Crippen molar-refractivity contribution in [1.29, 1.82) is 0 Å². The maximum absolute atomic E-state index is 11.4. The number of nitrogens with zero attached hydrogens (tertiary/aromatic N) is 6. The highest BCUT2D eigenvalue weighted by molar-refractivity contribution is 6.29. The fourth-order valence-corrected chi connectivity index (χ4v) is 2.95. The Hall–Kier alpha value is -3.59. The van der Waals surface area contributed by atoms with Crippen molar-refractivity contribution < 1.29 is 4.79 Å². The number of aromatic nitrogens is 7. The van der Waals surface area contributed by atoms with Crippen molar-refractivity contribution in [2.24, 2.45) is 0 Å². The Balaban J connectivity index is 1.88. The lowest BCUT2D eigenvalue weighted by molar-refractivity contribution is -0.114. The number of nitrogens with one attached hydrogen (secondary N) is 2. The van der Waals surface area contributed by atoms with E-state index in [9.17, 15) is 4.79 Å². The fraction of sp³-hybridized carbons (Fsp3) is 0.111. The molecule has 0 aliphatic carbocycles. The summed E-state index contributed by atoms with van der Waals surface area (Å²) in [5.74, 6) is 0.818. The van der Waals surface area contributed by atoms with Crippen LogP contribution in [0.4, 0.5) is 5.82 Å². The molecule has 9 nitrogen and oxygen atoms in total. The van der Waals surface area contributed by atoms with Crippen molar-refractivity contribution in [3.63, 3.8) is 0 Å². The Bertz CT molecular complexity index is 1150. The van der Waals surface area contributed by atoms with Crippen LogP contribution in [0, 0.1) is 6.92 Å². The number of amides is 1. The van der Waals surface area contributed by atoms with Gasteiger partial charge in [-0.25, -0.2) is 19.6 Å². The standard InChI is InChI=1S/C18H15ClN8O/c1-10-7-21-16(24-11(2)28)6-14(10)27-8-13(18-22-9-23-25-18)17(26-27)12-3-4-20-15(19)5-12/h3-9H,1-2H3,(H,21,24,28)(H,22,23,25). The van der Waals surface area contributed by atoms with Crippen LogP contribution in [0.3, 0.4) is 0 Å². The maximum atomic E-state index is 11.4. The smallest absolute Gasteiger partial charge is 0.222 e. The quantitative estimate of drug-likeness (QED) is 0.514. The minimum Gasteiger partial charge on any atom is -0.311 e. The number of rotatable bonds is 4. The van der Waals surface area contributed by atoms with Gasteiger partial charge in [0.2, 0.25) is 5.91 Å². The minimum absolute atomic E-state index is 0.197. The number of halogens is 1. The summed E-state index contributed by atoms with van der Waals surface area (Å²) in [6.45, 7) is 3.35. The van der Waals surface area contributed by atoms with E-state index >= 15 is 0 Å². The second-order valence-electron chi connectivity index (χ2n) is 6.07. The molecule has 28 heavy (non-hydrogen) atoms. The third-order valence-corrected chi connectivity index (χ3v) is 4.22. The lowest BCUT2D eigenvalue weighted by Crippen LogP contribution is -2.09. The third-order valence-electron chi connectivity index (χ3n) is 4.01. The van der Waals surface area contributed by atoms with E-state index in [0.29, 0.717) is 22.5 Å². The third kappa shape index (κ3) is 3.47. The lowest BCUT2D eigenvalue weighted by Gasteiger charge is -2.08. The summed E-state index contributed by atoms with van der Waals surface area (Å²) in [5.41, 5.74) is 3.86. The average Bonchev–Trinajstić information content (AvgIpc) is 3.32. The zero-order chi connectivity index (χ0) is 19.7. The number of aromatic amines is 1. The van der Waals surface area contributed by atoms with Gasteiger partial charge in [0.15, 0.2) is 5.82 Å². The Morgan fingerprint density at radius 1 is 1.25 bits per heavy atom. The number of aryl methyl sites for hydroxylation is 1. The van der Waals surface area contributed by atoms with Crippen LogP contribution in [0.15, 0.2) is 43.1 Å². The molecular weight excluding hydrogens is 380 g/mol. The molecule has 4 heterocycles. The van der Waals surface area contributed by atoms with Gasteiger partial charge in [-0.3, -0.25) is 9.89 Å². The second kappa shape index (κ2) is 7.20. The molecule has 0 saturated carbocycles. The molecule has 0 aliphatic rings. The predicted octanol–water partition coefficient (Wildman–Crippen LogP) is 3.03. The van der Waals surface area contributed by atoms with Crippen molar-refractivity contribution in [3.8, 4) is 28.3 Å². The molecule has 2 N–H and O–H groups in total. The van der Waals surface area contributed by atoms with Gasteiger partial charge < -0.3 is 5.32 Å². The highest BCUT2D eigenvalue weighted by Gasteiger charge is 2.18. The number of carbonyl (C=O) groups is 1. The molecule has 1 amide bonds. The molecule has 0 atom stereocenters. The Kier molecular flexibility index (Phi) is 4.58. The van der Waals surface area contributed by atoms with Crippen LogP contribution >= 0.6 is 11.6 Å². The van der Waals surface area contributed by atoms with E-state index in [4.69, 9.17) is 16.7 Å². The summed E-state index contributed by atoms with van der Waals surface area (Å²) in [6, 6.07) is 5.31. The van der Waals surface area contributed by atoms with Gasteiger partial charge in [-0.05, 0) is 24.6 Å². The van der Waals surface area contributed by atoms with E-state index in [1.165, 1.54) is 13.3 Å². The van der Waals surface area contributed by atoms with Crippen molar-refractivity contribution in [3.05, 3.63) is 53.8 Å². The number of hydrogen-bond acceptors (Lipinski definition) is 6. The summed E-state index contributed by atoms with van der Waals surface area (Å²) >= 11 is 6.06. The molecule has 10 heteroatoms. The summed E-state index contributed by atoms with van der Waals surface area (Å²) in [4.78, 5) is 23.9. The second-order valence-corrected chi connectivity index (χ2v) is 6.46. The number of H-pyrrole nitrogens is 1. The molecule has 0 unspecified atom stereocenters. The number of carbonyl (C=O) groups excluding carboxylic acids is 1. The van der Waals surface area contributed by atoms with E-state index < -0.39 is 0 Å². The van der Waals surface area contributed by atoms with E-state index in [0.717, 1.165) is 22.4 Å². The molecule has 0 spiro atoms. The first-order valence-corrected chi connectivity index (χ1v) is 8.71. The lowest BCUT2D eigenvalue weighted by atomic mass is 10.1. The van der Waals surface area contributed by atoms with Crippen LogP contribution in [0.1, 0.15) is 12.5 Å². The van der Waals surface area contributed by atoms with E-state index in [1.54, 1.807) is 29.2 Å². The van der Waals surface area contributed by atoms with Crippen molar-refractivity contribution in [1.82, 2.24) is 34.9 Å². The summed E-state index contributed by atoms with van der Waals surface area (Å²) < 4.78 is 1.71. The molecule has 4 aromatic heterocycles. The monoisotopic (exact) mass is 394 g/mol. The summed E-state index contributed by atoms with van der Waals surface area (Å²) in [7, 11) is 0. The van der Waals surface area contributed by atoms with Crippen LogP contribution in [-0.4, -0.2) is 40.8 Å². The molecule has 0 fully saturated rings. The number of hydrogen-bond donors (Lipinski definition) is 2. The first kappa shape index (κ1) is 17.8. The molecule has 0 aromatic carbocycles. The largest absolute Gasteiger partial charge is 0.311 e. The molecule has 140 valence electrons. The van der Waals surface area contributed by atoms with Gasteiger partial charge in [-0.15, -0.1) is 0 Å². The molecule has 0 radical (unpaired) electrons. The molecular formula is C18H15ClN8O. The zero-order valence-electron chi connectivity index (χ0n) is 15.0. The van der Waals surface area contributed by atoms with Crippen LogP contribution in [0.2, 0.25) is 5.15 Å². The number of pyridine rings is 2. The zero-order valence-corrected chi connectivity index (χ0v) is 15.8. The van der Waals surface area contributed by atoms with Crippen molar-refractivity contribution in [2.45, 2.75) is 13.8 Å². The molecule has 0 aliphatic heterocycles. The average molecular weight is 395 g/mol. The van der Waals surface area contributed by atoms with Crippen molar-refractivity contribution >= 4 is 23.3 Å². The molecule has 0 saturated heterocycles. The van der Waals surface area contributed by atoms with E-state index in [2.05, 4.69) is 30.5 Å². The van der Waals surface area contributed by atoms with E-state index in [1.807, 2.05) is 19.2 Å². The van der Waals surface area contributed by atoms with Gasteiger partial charge in [0.25, 0.3) is 0 Å². The Labute approximate surface area is 164 Å². The van der Waals surface area contributed by atoms with E-state index in [-0.39, 0.29) is 5.91 Å². The highest BCUT2D eigenvalue weighted by Crippen LogP contribution is 2.31. The SMILES string of the molecule is CC(=O)Nc1cc(-n2cc(-c3ncn[nH]3)c(-c3ccnc(Cl)c3)n2)c(C)cn1. The normalized spacial score (nSPS) is 10.8. The first-order chi connectivity index (χ1) is 13.5. The highest BCUT2D eigenvalue weighted by atomic mass is 35.5. The predicted molar refractivity (Wildman–Crippen MR) is 104 cm³/mol. The van der Waals surface area contributed by atoms with Crippen LogP contribution in [0.5, 0.6) is 0 Å². The van der Waals surface area contributed by atoms with Crippen LogP contribution < -0.4 is 5.32 Å². The van der Waals surface area contributed by atoms with Crippen molar-refractivity contribution in [2.75, 3.05) is 5.32 Å². The van der Waals surface area contributed by atoms with Gasteiger partial charge in [0.1, 0.15) is 23.0 Å². The van der Waals surface area contributed by atoms with Gasteiger partial charge >= 0.3 is 0 Å². The summed E-state index contributed by atoms with van der Waals surface area (Å²) in [5, 5.41) is 14.6. The minimum atomic E-state index is -0.197. The summed E-state index contributed by atoms with van der Waals surface area (Å²) in [6.07, 6.45) is 6.57. The molecule has 4 aromatic rings. The molecule has 4 rings (SSSR count). The van der Waals surface area contributed by atoms with Gasteiger partial charge in [-0.1, -0.05) is 11.6 Å². The van der Waals surface area contributed by atoms with Crippen LogP contribution in [-0.2, 0) is 4.79 Å². The maximum Gasteiger partial charge on any atom is 0.222 e. The van der Waals surface area contributed by atoms with Gasteiger partial charge in [0, 0.05) is 37.1 Å².